The molecule has 0 aliphatic heterocycles. The summed E-state index contributed by atoms with van der Waals surface area (Å²) >= 11 is 0. The predicted octanol–water partition coefficient (Wildman–Crippen LogP) is 3.16. The molecular weight excluding hydrogens is 148 g/mol. The van der Waals surface area contributed by atoms with Crippen molar-refractivity contribution < 1.29 is 4.74 Å². The van der Waals surface area contributed by atoms with Gasteiger partial charge in [-0.1, -0.05) is 11.6 Å². The molecule has 1 fully saturated rings. The quantitative estimate of drug-likeness (QED) is 0.575. The standard InChI is InChI=1S/C11H20O/c1-4-9(2)10-5-7-11(12-3)8-6-10/h4,10-11H,5-8H2,1-3H3/b9-4+. The van der Waals surface area contributed by atoms with Crippen molar-refractivity contribution in [1.29, 1.82) is 0 Å². The highest BCUT2D eigenvalue weighted by Crippen LogP contribution is 2.30. The summed E-state index contributed by atoms with van der Waals surface area (Å²) in [5.41, 5.74) is 1.56. The van der Waals surface area contributed by atoms with Gasteiger partial charge in [0.1, 0.15) is 0 Å². The number of allylic oxidation sites excluding steroid dienone is 2. The fourth-order valence-electron chi connectivity index (χ4n) is 1.99. The van der Waals surface area contributed by atoms with Gasteiger partial charge < -0.3 is 4.74 Å². The normalized spacial score (nSPS) is 32.1. The van der Waals surface area contributed by atoms with E-state index >= 15 is 0 Å². The lowest BCUT2D eigenvalue weighted by Gasteiger charge is -2.28. The zero-order chi connectivity index (χ0) is 8.97. The van der Waals surface area contributed by atoms with E-state index in [-0.39, 0.29) is 0 Å². The molecule has 0 saturated heterocycles. The Kier molecular flexibility index (Phi) is 3.80. The molecule has 0 aromatic rings. The summed E-state index contributed by atoms with van der Waals surface area (Å²) in [5, 5.41) is 0. The predicted molar refractivity (Wildman–Crippen MR) is 52.2 cm³/mol. The van der Waals surface area contributed by atoms with Crippen LogP contribution in [0, 0.1) is 5.92 Å². The van der Waals surface area contributed by atoms with Gasteiger partial charge in [0.15, 0.2) is 0 Å². The molecule has 1 rings (SSSR count). The second-order valence-corrected chi connectivity index (χ2v) is 3.74. The monoisotopic (exact) mass is 168 g/mol. The van der Waals surface area contributed by atoms with Gasteiger partial charge in [0, 0.05) is 7.11 Å². The van der Waals surface area contributed by atoms with E-state index in [9.17, 15) is 0 Å². The van der Waals surface area contributed by atoms with E-state index in [1.807, 2.05) is 7.11 Å². The molecule has 0 radical (unpaired) electrons. The van der Waals surface area contributed by atoms with E-state index < -0.39 is 0 Å². The first-order valence-corrected chi connectivity index (χ1v) is 4.93. The van der Waals surface area contributed by atoms with Crippen molar-refractivity contribution in [3.63, 3.8) is 0 Å². The zero-order valence-electron chi connectivity index (χ0n) is 8.47. The highest BCUT2D eigenvalue weighted by molar-refractivity contribution is 5.03. The lowest BCUT2D eigenvalue weighted by Crippen LogP contribution is -2.20. The fraction of sp³-hybridized carbons (Fsp3) is 0.818. The van der Waals surface area contributed by atoms with Crippen LogP contribution in [0.5, 0.6) is 0 Å². The molecule has 0 N–H and O–H groups in total. The van der Waals surface area contributed by atoms with E-state index in [4.69, 9.17) is 4.74 Å². The molecule has 1 aliphatic carbocycles. The van der Waals surface area contributed by atoms with E-state index in [1.54, 1.807) is 5.57 Å². The van der Waals surface area contributed by atoms with Crippen molar-refractivity contribution in [2.24, 2.45) is 5.92 Å². The summed E-state index contributed by atoms with van der Waals surface area (Å²) in [4.78, 5) is 0. The maximum atomic E-state index is 5.33. The first-order valence-electron chi connectivity index (χ1n) is 4.93. The van der Waals surface area contributed by atoms with Crippen LogP contribution >= 0.6 is 0 Å². The molecular formula is C11H20O. The molecule has 0 aromatic heterocycles. The smallest absolute Gasteiger partial charge is 0.0571 e. The number of ether oxygens (including phenoxy) is 1. The summed E-state index contributed by atoms with van der Waals surface area (Å²) in [7, 11) is 1.83. The van der Waals surface area contributed by atoms with Gasteiger partial charge in [0.05, 0.1) is 6.10 Å². The SMILES string of the molecule is C/C=C(\C)C1CCC(OC)CC1. The van der Waals surface area contributed by atoms with Crippen molar-refractivity contribution in [2.45, 2.75) is 45.6 Å². The molecule has 70 valence electrons. The Bertz CT molecular complexity index is 152. The van der Waals surface area contributed by atoms with Crippen LogP contribution in [0.15, 0.2) is 11.6 Å². The summed E-state index contributed by atoms with van der Waals surface area (Å²) < 4.78 is 5.33. The lowest BCUT2D eigenvalue weighted by atomic mass is 9.83. The van der Waals surface area contributed by atoms with Gasteiger partial charge in [-0.2, -0.15) is 0 Å². The van der Waals surface area contributed by atoms with Gasteiger partial charge in [-0.25, -0.2) is 0 Å². The van der Waals surface area contributed by atoms with Gasteiger partial charge in [-0.05, 0) is 45.4 Å². The Morgan fingerprint density at radius 2 is 1.83 bits per heavy atom. The molecule has 1 saturated carbocycles. The molecule has 1 heteroatoms. The van der Waals surface area contributed by atoms with Gasteiger partial charge in [0.2, 0.25) is 0 Å². The van der Waals surface area contributed by atoms with E-state index in [1.165, 1.54) is 25.7 Å². The summed E-state index contributed by atoms with van der Waals surface area (Å²) in [6.07, 6.45) is 7.89. The summed E-state index contributed by atoms with van der Waals surface area (Å²) in [6.45, 7) is 4.38. The highest BCUT2D eigenvalue weighted by Gasteiger charge is 2.20. The van der Waals surface area contributed by atoms with Crippen LogP contribution in [0.3, 0.4) is 0 Å². The minimum absolute atomic E-state index is 0.533. The Morgan fingerprint density at radius 1 is 1.25 bits per heavy atom. The molecule has 1 aliphatic rings. The number of hydrogen-bond donors (Lipinski definition) is 0. The van der Waals surface area contributed by atoms with Crippen LogP contribution < -0.4 is 0 Å². The van der Waals surface area contributed by atoms with Crippen molar-refractivity contribution >= 4 is 0 Å². The Hall–Kier alpha value is -0.300. The average molecular weight is 168 g/mol. The number of methoxy groups -OCH3 is 1. The summed E-state index contributed by atoms with van der Waals surface area (Å²) in [5.74, 6) is 0.835. The summed E-state index contributed by atoms with van der Waals surface area (Å²) in [6, 6.07) is 0. The average Bonchev–Trinajstić information content (AvgIpc) is 2.17. The van der Waals surface area contributed by atoms with Gasteiger partial charge >= 0.3 is 0 Å². The third-order valence-electron chi connectivity index (χ3n) is 3.11. The van der Waals surface area contributed by atoms with E-state index in [2.05, 4.69) is 19.9 Å². The molecule has 0 atom stereocenters. The molecule has 12 heavy (non-hydrogen) atoms. The van der Waals surface area contributed by atoms with Crippen LogP contribution in [0.4, 0.5) is 0 Å². The maximum absolute atomic E-state index is 5.33. The lowest BCUT2D eigenvalue weighted by molar-refractivity contribution is 0.0614. The topological polar surface area (TPSA) is 9.23 Å². The third-order valence-corrected chi connectivity index (χ3v) is 3.11. The van der Waals surface area contributed by atoms with E-state index in [0.717, 1.165) is 5.92 Å². The zero-order valence-corrected chi connectivity index (χ0v) is 8.47. The van der Waals surface area contributed by atoms with Crippen molar-refractivity contribution in [3.8, 4) is 0 Å². The van der Waals surface area contributed by atoms with Crippen LogP contribution in [0.2, 0.25) is 0 Å². The molecule has 0 aromatic carbocycles. The molecule has 0 amide bonds. The van der Waals surface area contributed by atoms with Crippen molar-refractivity contribution in [2.75, 3.05) is 7.11 Å². The number of rotatable bonds is 2. The third kappa shape index (κ3) is 2.34. The Morgan fingerprint density at radius 3 is 2.25 bits per heavy atom. The minimum atomic E-state index is 0.533. The van der Waals surface area contributed by atoms with Gasteiger partial charge in [-0.3, -0.25) is 0 Å². The molecule has 0 spiro atoms. The second kappa shape index (κ2) is 4.66. The van der Waals surface area contributed by atoms with Crippen LogP contribution in [0.25, 0.3) is 0 Å². The van der Waals surface area contributed by atoms with Crippen LogP contribution in [0.1, 0.15) is 39.5 Å². The Labute approximate surface area is 75.8 Å². The van der Waals surface area contributed by atoms with Crippen molar-refractivity contribution in [3.05, 3.63) is 11.6 Å². The van der Waals surface area contributed by atoms with Gasteiger partial charge in [0.25, 0.3) is 0 Å². The molecule has 0 unspecified atom stereocenters. The first-order chi connectivity index (χ1) is 5.77. The first kappa shape index (κ1) is 9.79. The van der Waals surface area contributed by atoms with Crippen LogP contribution in [-0.4, -0.2) is 13.2 Å². The fourth-order valence-corrected chi connectivity index (χ4v) is 1.99. The van der Waals surface area contributed by atoms with Gasteiger partial charge in [-0.15, -0.1) is 0 Å². The van der Waals surface area contributed by atoms with Crippen molar-refractivity contribution in [1.82, 2.24) is 0 Å². The maximum Gasteiger partial charge on any atom is 0.0571 e. The minimum Gasteiger partial charge on any atom is -0.381 e. The molecule has 1 nitrogen and oxygen atoms in total. The molecule has 0 bridgehead atoms. The van der Waals surface area contributed by atoms with E-state index in [0.29, 0.717) is 6.10 Å². The number of hydrogen-bond acceptors (Lipinski definition) is 1. The molecule has 0 heterocycles. The highest BCUT2D eigenvalue weighted by atomic mass is 16.5. The van der Waals surface area contributed by atoms with Crippen LogP contribution in [-0.2, 0) is 4.74 Å². The second-order valence-electron chi connectivity index (χ2n) is 3.74. The Balaban J connectivity index is 2.36. The largest absolute Gasteiger partial charge is 0.381 e.